The molecule has 2 aromatic carbocycles. The Bertz CT molecular complexity index is 898. The molecule has 28 heavy (non-hydrogen) atoms. The molecule has 2 aliphatic rings. The molecule has 1 fully saturated rings. The molecule has 1 heterocycles. The van der Waals surface area contributed by atoms with Crippen LogP contribution in [0.4, 0.5) is 5.69 Å². The lowest BCUT2D eigenvalue weighted by molar-refractivity contribution is -0.156. The van der Waals surface area contributed by atoms with Gasteiger partial charge in [0.25, 0.3) is 5.91 Å². The number of carbonyl (C=O) groups excluding carboxylic acids is 3. The molecule has 0 radical (unpaired) electrons. The van der Waals surface area contributed by atoms with E-state index in [1.165, 1.54) is 11.8 Å². The monoisotopic (exact) mass is 396 g/mol. The number of benzene rings is 2. The van der Waals surface area contributed by atoms with Crippen molar-refractivity contribution in [1.82, 2.24) is 5.32 Å². The number of ether oxygens (including phenoxy) is 1. The van der Waals surface area contributed by atoms with Gasteiger partial charge in [-0.3, -0.25) is 14.4 Å². The fourth-order valence-electron chi connectivity index (χ4n) is 2.96. The largest absolute Gasteiger partial charge is 0.447 e. The molecule has 0 saturated heterocycles. The van der Waals surface area contributed by atoms with Crippen LogP contribution in [0.1, 0.15) is 30.9 Å². The molecule has 0 bridgehead atoms. The number of carbonyl (C=O) groups is 3. The van der Waals surface area contributed by atoms with Crippen LogP contribution in [0.3, 0.4) is 0 Å². The van der Waals surface area contributed by atoms with Crippen LogP contribution in [0.15, 0.2) is 59.5 Å². The second kappa shape index (κ2) is 8.06. The molecule has 1 saturated carbocycles. The van der Waals surface area contributed by atoms with Gasteiger partial charge in [0.05, 0.1) is 17.4 Å². The maximum Gasteiger partial charge on any atom is 0.308 e. The summed E-state index contributed by atoms with van der Waals surface area (Å²) in [5.74, 6) is -1.14. The van der Waals surface area contributed by atoms with Crippen LogP contribution < -0.4 is 10.6 Å². The quantitative estimate of drug-likeness (QED) is 0.733. The number of hydrogen-bond donors (Lipinski definition) is 2. The molecule has 0 spiro atoms. The molecule has 6 nitrogen and oxygen atoms in total. The van der Waals surface area contributed by atoms with Crippen molar-refractivity contribution in [3.8, 4) is 0 Å². The van der Waals surface area contributed by atoms with Gasteiger partial charge in [0, 0.05) is 16.5 Å². The number of fused-ring (bicyclic) bond motifs is 1. The summed E-state index contributed by atoms with van der Waals surface area (Å²) in [5, 5.41) is 5.10. The van der Waals surface area contributed by atoms with Gasteiger partial charge < -0.3 is 15.4 Å². The number of thioether (sulfide) groups is 1. The highest BCUT2D eigenvalue weighted by molar-refractivity contribution is 8.01. The first kappa shape index (κ1) is 18.6. The van der Waals surface area contributed by atoms with Crippen molar-refractivity contribution in [2.24, 2.45) is 0 Å². The predicted molar refractivity (Wildman–Crippen MR) is 106 cm³/mol. The van der Waals surface area contributed by atoms with Crippen LogP contribution >= 0.6 is 11.8 Å². The molecule has 0 unspecified atom stereocenters. The van der Waals surface area contributed by atoms with Crippen LogP contribution in [0, 0.1) is 0 Å². The van der Waals surface area contributed by atoms with Gasteiger partial charge in [-0.25, -0.2) is 0 Å². The number of nitrogens with one attached hydrogen (secondary N) is 2. The summed E-state index contributed by atoms with van der Waals surface area (Å²) in [5.41, 5.74) is 1.35. The zero-order valence-corrected chi connectivity index (χ0v) is 15.9. The summed E-state index contributed by atoms with van der Waals surface area (Å²) in [4.78, 5) is 38.4. The van der Waals surface area contributed by atoms with Crippen molar-refractivity contribution >= 4 is 35.2 Å². The van der Waals surface area contributed by atoms with E-state index in [1.54, 1.807) is 24.3 Å². The SMILES string of the molecule is O=C(C[C@@H]1Sc2ccccc2NC1=O)O[C@H](C(=O)NC1CC1)c1ccccc1. The van der Waals surface area contributed by atoms with Gasteiger partial charge in [0.1, 0.15) is 0 Å². The van der Waals surface area contributed by atoms with Gasteiger partial charge in [-0.1, -0.05) is 42.5 Å². The minimum absolute atomic E-state index is 0.106. The molecule has 2 amide bonds. The Morgan fingerprint density at radius 1 is 1.11 bits per heavy atom. The molecule has 0 aromatic heterocycles. The summed E-state index contributed by atoms with van der Waals surface area (Å²) < 4.78 is 5.52. The number of rotatable bonds is 6. The fraction of sp³-hybridized carbons (Fsp3) is 0.286. The molecule has 2 N–H and O–H groups in total. The van der Waals surface area contributed by atoms with E-state index in [9.17, 15) is 14.4 Å². The van der Waals surface area contributed by atoms with Crippen molar-refractivity contribution < 1.29 is 19.1 Å². The summed E-state index contributed by atoms with van der Waals surface area (Å²) >= 11 is 1.33. The van der Waals surface area contributed by atoms with Gasteiger partial charge in [0.15, 0.2) is 0 Å². The molecule has 7 heteroatoms. The number of para-hydroxylation sites is 1. The number of amides is 2. The number of hydrogen-bond acceptors (Lipinski definition) is 5. The van der Waals surface area contributed by atoms with E-state index in [-0.39, 0.29) is 24.3 Å². The number of esters is 1. The van der Waals surface area contributed by atoms with Crippen LogP contribution in [-0.2, 0) is 19.1 Å². The Balaban J connectivity index is 1.44. The van der Waals surface area contributed by atoms with Crippen molar-refractivity contribution in [2.45, 2.75) is 41.6 Å². The first-order valence-corrected chi connectivity index (χ1v) is 10.1. The van der Waals surface area contributed by atoms with Crippen molar-refractivity contribution in [1.29, 1.82) is 0 Å². The maximum absolute atomic E-state index is 12.6. The van der Waals surface area contributed by atoms with Gasteiger partial charge in [-0.15, -0.1) is 11.8 Å². The van der Waals surface area contributed by atoms with Crippen LogP contribution in [-0.4, -0.2) is 29.1 Å². The zero-order valence-electron chi connectivity index (χ0n) is 15.1. The third kappa shape index (κ3) is 4.36. The molecule has 144 valence electrons. The molecule has 2 aromatic rings. The highest BCUT2D eigenvalue weighted by atomic mass is 32.2. The van der Waals surface area contributed by atoms with E-state index in [0.717, 1.165) is 23.4 Å². The lowest BCUT2D eigenvalue weighted by Gasteiger charge is -2.24. The van der Waals surface area contributed by atoms with E-state index < -0.39 is 17.3 Å². The summed E-state index contributed by atoms with van der Waals surface area (Å²) in [6, 6.07) is 16.5. The van der Waals surface area contributed by atoms with Crippen molar-refractivity contribution in [2.75, 3.05) is 5.32 Å². The Morgan fingerprint density at radius 3 is 2.57 bits per heavy atom. The van der Waals surface area contributed by atoms with Gasteiger partial charge >= 0.3 is 5.97 Å². The fourth-order valence-corrected chi connectivity index (χ4v) is 4.06. The highest BCUT2D eigenvalue weighted by Gasteiger charge is 2.33. The predicted octanol–water partition coefficient (Wildman–Crippen LogP) is 3.05. The van der Waals surface area contributed by atoms with Crippen molar-refractivity contribution in [3.63, 3.8) is 0 Å². The van der Waals surface area contributed by atoms with Crippen LogP contribution in [0.25, 0.3) is 0 Å². The average molecular weight is 396 g/mol. The lowest BCUT2D eigenvalue weighted by atomic mass is 10.1. The molecule has 2 atom stereocenters. The zero-order chi connectivity index (χ0) is 19.5. The molecular formula is C21H20N2O4S. The molecule has 1 aliphatic carbocycles. The minimum Gasteiger partial charge on any atom is -0.447 e. The Labute approximate surface area is 167 Å². The Kier molecular flexibility index (Phi) is 5.34. The summed E-state index contributed by atoms with van der Waals surface area (Å²) in [6.45, 7) is 0. The summed E-state index contributed by atoms with van der Waals surface area (Å²) in [6.07, 6.45) is 0.766. The molecule has 1 aliphatic heterocycles. The van der Waals surface area contributed by atoms with Gasteiger partial charge in [-0.05, 0) is 25.0 Å². The minimum atomic E-state index is -1.02. The van der Waals surface area contributed by atoms with E-state index in [0.29, 0.717) is 5.56 Å². The van der Waals surface area contributed by atoms with E-state index in [2.05, 4.69) is 10.6 Å². The normalized spacial score (nSPS) is 19.1. The molecular weight excluding hydrogens is 376 g/mol. The third-order valence-corrected chi connectivity index (χ3v) is 5.85. The smallest absolute Gasteiger partial charge is 0.308 e. The van der Waals surface area contributed by atoms with Crippen molar-refractivity contribution in [3.05, 3.63) is 60.2 Å². The van der Waals surface area contributed by atoms with Gasteiger partial charge in [-0.2, -0.15) is 0 Å². The third-order valence-electron chi connectivity index (χ3n) is 4.57. The van der Waals surface area contributed by atoms with E-state index >= 15 is 0 Å². The first-order valence-electron chi connectivity index (χ1n) is 9.21. The Hall–Kier alpha value is -2.80. The first-order chi connectivity index (χ1) is 13.6. The van der Waals surface area contributed by atoms with Gasteiger partial charge in [0.2, 0.25) is 12.0 Å². The Morgan fingerprint density at radius 2 is 1.82 bits per heavy atom. The number of anilines is 1. The lowest BCUT2D eigenvalue weighted by Crippen LogP contribution is -2.35. The van der Waals surface area contributed by atoms with E-state index in [4.69, 9.17) is 4.74 Å². The second-order valence-corrected chi connectivity index (χ2v) is 8.10. The topological polar surface area (TPSA) is 84.5 Å². The standard InChI is InChI=1S/C21H20N2O4S/c24-18(12-17-20(25)23-15-8-4-5-9-16(15)28-17)27-19(13-6-2-1-3-7-13)21(26)22-14-10-11-14/h1-9,14,17,19H,10-12H2,(H,22,26)(H,23,25)/t17-,19-/m0/s1. The van der Waals surface area contributed by atoms with Crippen LogP contribution in [0.2, 0.25) is 0 Å². The average Bonchev–Trinajstić information content (AvgIpc) is 3.51. The molecule has 4 rings (SSSR count). The highest BCUT2D eigenvalue weighted by Crippen LogP contribution is 2.37. The van der Waals surface area contributed by atoms with E-state index in [1.807, 2.05) is 30.3 Å². The van der Waals surface area contributed by atoms with Crippen LogP contribution in [0.5, 0.6) is 0 Å². The maximum atomic E-state index is 12.6. The second-order valence-electron chi connectivity index (χ2n) is 6.86. The summed E-state index contributed by atoms with van der Waals surface area (Å²) in [7, 11) is 0.